The molecule has 2 aliphatic heterocycles. The van der Waals surface area contributed by atoms with Crippen LogP contribution in [0.25, 0.3) is 11.1 Å². The number of ether oxygens (including phenoxy) is 2. The number of hydrogen-bond donors (Lipinski definition) is 1. The monoisotopic (exact) mass is 390 g/mol. The standard InChI is InChI=1S/C21H24F2N2O3/c1-21(28-18-7-2-3-8-27-18)12-25(13-21)20-17(22)9-15(10-24-20)16-6-4-5-14(11-26)19(16)23/h4-6,9-10,18,26H,2-3,7-8,11-13H2,1H3. The van der Waals surface area contributed by atoms with Crippen molar-refractivity contribution in [2.75, 3.05) is 24.6 Å². The number of aliphatic hydroxyl groups excluding tert-OH is 1. The van der Waals surface area contributed by atoms with E-state index in [1.165, 1.54) is 18.3 Å². The van der Waals surface area contributed by atoms with Crippen molar-refractivity contribution in [3.8, 4) is 11.1 Å². The van der Waals surface area contributed by atoms with Crippen LogP contribution < -0.4 is 4.90 Å². The number of aromatic nitrogens is 1. The first-order valence-electron chi connectivity index (χ1n) is 9.58. The summed E-state index contributed by atoms with van der Waals surface area (Å²) in [5.74, 6) is -0.841. The van der Waals surface area contributed by atoms with E-state index < -0.39 is 23.8 Å². The van der Waals surface area contributed by atoms with Crippen molar-refractivity contribution in [3.63, 3.8) is 0 Å². The van der Waals surface area contributed by atoms with E-state index in [1.54, 1.807) is 12.1 Å². The summed E-state index contributed by atoms with van der Waals surface area (Å²) >= 11 is 0. The Morgan fingerprint density at radius 3 is 2.82 bits per heavy atom. The first-order chi connectivity index (χ1) is 13.5. The Hall–Kier alpha value is -2.09. The fourth-order valence-electron chi connectivity index (χ4n) is 3.84. The van der Waals surface area contributed by atoms with Crippen molar-refractivity contribution in [3.05, 3.63) is 47.7 Å². The molecule has 1 N–H and O–H groups in total. The molecule has 28 heavy (non-hydrogen) atoms. The summed E-state index contributed by atoms with van der Waals surface area (Å²) in [5.41, 5.74) is 0.332. The van der Waals surface area contributed by atoms with Gasteiger partial charge in [-0.3, -0.25) is 0 Å². The molecule has 0 bridgehead atoms. The van der Waals surface area contributed by atoms with E-state index in [9.17, 15) is 13.9 Å². The predicted octanol–water partition coefficient (Wildman–Crippen LogP) is 3.64. The van der Waals surface area contributed by atoms with E-state index in [0.717, 1.165) is 25.9 Å². The van der Waals surface area contributed by atoms with Gasteiger partial charge in [0.15, 0.2) is 17.9 Å². The first-order valence-corrected chi connectivity index (χ1v) is 9.58. The molecule has 5 nitrogen and oxygen atoms in total. The Bertz CT molecular complexity index is 850. The fourth-order valence-corrected chi connectivity index (χ4v) is 3.84. The number of nitrogens with zero attached hydrogens (tertiary/aromatic N) is 2. The van der Waals surface area contributed by atoms with E-state index in [1.807, 2.05) is 11.8 Å². The van der Waals surface area contributed by atoms with Gasteiger partial charge < -0.3 is 19.5 Å². The summed E-state index contributed by atoms with van der Waals surface area (Å²) < 4.78 is 40.8. The molecular formula is C21H24F2N2O3. The SMILES string of the molecule is CC1(OC2CCCCO2)CN(c2ncc(-c3cccc(CO)c3F)cc2F)C1. The Morgan fingerprint density at radius 2 is 2.14 bits per heavy atom. The molecule has 1 aromatic heterocycles. The molecule has 3 heterocycles. The molecule has 0 spiro atoms. The van der Waals surface area contributed by atoms with Gasteiger partial charge in [-0.1, -0.05) is 18.2 Å². The second kappa shape index (κ2) is 7.73. The van der Waals surface area contributed by atoms with Crippen molar-refractivity contribution < 1.29 is 23.4 Å². The minimum atomic E-state index is -0.559. The number of hydrogen-bond acceptors (Lipinski definition) is 5. The lowest BCUT2D eigenvalue weighted by atomic mass is 9.95. The van der Waals surface area contributed by atoms with Crippen LogP contribution in [-0.2, 0) is 16.1 Å². The van der Waals surface area contributed by atoms with Gasteiger partial charge >= 0.3 is 0 Å². The molecule has 1 unspecified atom stereocenters. The molecule has 150 valence electrons. The summed E-state index contributed by atoms with van der Waals surface area (Å²) in [6, 6.07) is 5.95. The molecule has 2 aliphatic rings. The summed E-state index contributed by atoms with van der Waals surface area (Å²) in [4.78, 5) is 6.03. The zero-order chi connectivity index (χ0) is 19.7. The normalized spacial score (nSPS) is 21.4. The van der Waals surface area contributed by atoms with E-state index in [2.05, 4.69) is 4.98 Å². The predicted molar refractivity (Wildman–Crippen MR) is 101 cm³/mol. The highest BCUT2D eigenvalue weighted by molar-refractivity contribution is 5.66. The van der Waals surface area contributed by atoms with Crippen LogP contribution >= 0.6 is 0 Å². The molecule has 1 aromatic carbocycles. The highest BCUT2D eigenvalue weighted by Crippen LogP contribution is 2.34. The quantitative estimate of drug-likeness (QED) is 0.845. The molecule has 0 aliphatic carbocycles. The van der Waals surface area contributed by atoms with Crippen LogP contribution in [0.1, 0.15) is 31.7 Å². The van der Waals surface area contributed by atoms with E-state index in [4.69, 9.17) is 9.47 Å². The van der Waals surface area contributed by atoms with Crippen molar-refractivity contribution >= 4 is 5.82 Å². The molecule has 2 saturated heterocycles. The molecule has 1 atom stereocenters. The highest BCUT2D eigenvalue weighted by Gasteiger charge is 2.43. The van der Waals surface area contributed by atoms with Crippen LogP contribution in [0.2, 0.25) is 0 Å². The van der Waals surface area contributed by atoms with Gasteiger partial charge in [-0.2, -0.15) is 0 Å². The van der Waals surface area contributed by atoms with Crippen molar-refractivity contribution in [1.82, 2.24) is 4.98 Å². The fraction of sp³-hybridized carbons (Fsp3) is 0.476. The highest BCUT2D eigenvalue weighted by atomic mass is 19.1. The number of halogens is 2. The molecule has 0 amide bonds. The average Bonchev–Trinajstić information content (AvgIpc) is 2.67. The van der Waals surface area contributed by atoms with Crippen LogP contribution in [0.5, 0.6) is 0 Å². The third-order valence-electron chi connectivity index (χ3n) is 5.29. The first kappa shape index (κ1) is 19.2. The van der Waals surface area contributed by atoms with Gasteiger partial charge in [-0.25, -0.2) is 13.8 Å². The second-order valence-electron chi connectivity index (χ2n) is 7.69. The molecule has 2 aromatic rings. The van der Waals surface area contributed by atoms with Crippen LogP contribution in [0, 0.1) is 11.6 Å². The number of anilines is 1. The van der Waals surface area contributed by atoms with Crippen molar-refractivity contribution in [2.24, 2.45) is 0 Å². The van der Waals surface area contributed by atoms with Gasteiger partial charge in [0.25, 0.3) is 0 Å². The van der Waals surface area contributed by atoms with Crippen LogP contribution in [0.15, 0.2) is 30.5 Å². The third-order valence-corrected chi connectivity index (χ3v) is 5.29. The minimum Gasteiger partial charge on any atom is -0.392 e. The minimum absolute atomic E-state index is 0.169. The maximum atomic E-state index is 14.7. The maximum absolute atomic E-state index is 14.7. The Kier molecular flexibility index (Phi) is 5.31. The van der Waals surface area contributed by atoms with Gasteiger partial charge in [0.1, 0.15) is 11.4 Å². The van der Waals surface area contributed by atoms with Gasteiger partial charge in [-0.15, -0.1) is 0 Å². The number of rotatable bonds is 5. The van der Waals surface area contributed by atoms with Gasteiger partial charge in [0.2, 0.25) is 0 Å². The second-order valence-corrected chi connectivity index (χ2v) is 7.69. The smallest absolute Gasteiger partial charge is 0.166 e. The lowest BCUT2D eigenvalue weighted by Gasteiger charge is -2.49. The molecule has 7 heteroatoms. The molecule has 0 radical (unpaired) electrons. The lowest BCUT2D eigenvalue weighted by molar-refractivity contribution is -0.226. The van der Waals surface area contributed by atoms with Crippen molar-refractivity contribution in [2.45, 2.75) is 44.7 Å². The summed E-state index contributed by atoms with van der Waals surface area (Å²) in [6.07, 6.45) is 4.30. The number of benzene rings is 1. The van der Waals surface area contributed by atoms with E-state index in [-0.39, 0.29) is 23.2 Å². The van der Waals surface area contributed by atoms with E-state index >= 15 is 0 Å². The largest absolute Gasteiger partial charge is 0.392 e. The summed E-state index contributed by atoms with van der Waals surface area (Å²) in [7, 11) is 0. The van der Waals surface area contributed by atoms with Crippen molar-refractivity contribution in [1.29, 1.82) is 0 Å². The number of aliphatic hydroxyl groups is 1. The summed E-state index contributed by atoms with van der Waals surface area (Å²) in [5, 5.41) is 9.21. The van der Waals surface area contributed by atoms with E-state index in [0.29, 0.717) is 18.7 Å². The zero-order valence-corrected chi connectivity index (χ0v) is 15.8. The summed E-state index contributed by atoms with van der Waals surface area (Å²) in [6.45, 7) is 3.33. The molecule has 0 saturated carbocycles. The third kappa shape index (κ3) is 3.74. The zero-order valence-electron chi connectivity index (χ0n) is 15.8. The van der Waals surface area contributed by atoms with Crippen LogP contribution in [-0.4, -0.2) is 41.7 Å². The Balaban J connectivity index is 1.46. The van der Waals surface area contributed by atoms with Crippen LogP contribution in [0.3, 0.4) is 0 Å². The lowest BCUT2D eigenvalue weighted by Crippen LogP contribution is -2.63. The molecule has 4 rings (SSSR count). The Labute approximate surface area is 162 Å². The molecular weight excluding hydrogens is 366 g/mol. The van der Waals surface area contributed by atoms with Gasteiger partial charge in [-0.05, 0) is 32.3 Å². The maximum Gasteiger partial charge on any atom is 0.166 e. The number of pyridine rings is 1. The Morgan fingerprint density at radius 1 is 1.32 bits per heavy atom. The topological polar surface area (TPSA) is 54.8 Å². The van der Waals surface area contributed by atoms with Gasteiger partial charge in [0.05, 0.1) is 19.7 Å². The van der Waals surface area contributed by atoms with Crippen LogP contribution in [0.4, 0.5) is 14.6 Å². The van der Waals surface area contributed by atoms with Gasteiger partial charge in [0, 0.05) is 29.5 Å². The molecule has 2 fully saturated rings. The average molecular weight is 390 g/mol.